The van der Waals surface area contributed by atoms with Crippen LogP contribution >= 0.6 is 23.2 Å². The SMILES string of the molecule is CC[C@H]1CN(c2ncc(NC3=NS(=O)(=O)NC3=NCCNS(C)(=O)=O)cc2Cl)CCN1C1CCN(Cc2ccc(Cl)cc2F)CC1. The van der Waals surface area contributed by atoms with Gasteiger partial charge < -0.3 is 10.2 Å². The van der Waals surface area contributed by atoms with E-state index in [2.05, 4.69) is 50.8 Å². The third kappa shape index (κ3) is 9.05. The molecule has 0 aliphatic carbocycles. The maximum atomic E-state index is 14.3. The van der Waals surface area contributed by atoms with Gasteiger partial charge in [0.15, 0.2) is 11.7 Å². The van der Waals surface area contributed by atoms with E-state index in [1.54, 1.807) is 24.4 Å². The van der Waals surface area contributed by atoms with Crippen molar-refractivity contribution in [1.29, 1.82) is 0 Å². The van der Waals surface area contributed by atoms with E-state index in [-0.39, 0.29) is 30.6 Å². The molecule has 1 atom stereocenters. The predicted molar refractivity (Wildman–Crippen MR) is 180 cm³/mol. The molecule has 1 aromatic carbocycles. The second-order valence-electron chi connectivity index (χ2n) is 11.6. The highest BCUT2D eigenvalue weighted by molar-refractivity contribution is 7.89. The molecule has 3 aliphatic heterocycles. The molecule has 1 aromatic heterocycles. The number of amidine groups is 2. The molecule has 13 nitrogen and oxygen atoms in total. The van der Waals surface area contributed by atoms with Gasteiger partial charge in [0, 0.05) is 55.4 Å². The number of hydrogen-bond acceptors (Lipinski definition) is 10. The second-order valence-corrected chi connectivity index (χ2v) is 15.6. The predicted octanol–water partition coefficient (Wildman–Crippen LogP) is 2.70. The molecule has 18 heteroatoms. The van der Waals surface area contributed by atoms with Crippen molar-refractivity contribution in [3.8, 4) is 0 Å². The van der Waals surface area contributed by atoms with Crippen LogP contribution in [0.15, 0.2) is 39.9 Å². The van der Waals surface area contributed by atoms with E-state index in [0.29, 0.717) is 45.7 Å². The molecule has 0 spiro atoms. The molecule has 4 heterocycles. The first kappa shape index (κ1) is 34.7. The Balaban J connectivity index is 1.17. The number of anilines is 2. The number of pyridine rings is 1. The van der Waals surface area contributed by atoms with Crippen molar-refractivity contribution < 1.29 is 21.2 Å². The minimum absolute atomic E-state index is 0.00333. The summed E-state index contributed by atoms with van der Waals surface area (Å²) in [7, 11) is -7.39. The van der Waals surface area contributed by atoms with Gasteiger partial charge in [-0.05, 0) is 50.6 Å². The molecule has 2 saturated heterocycles. The number of nitrogens with one attached hydrogen (secondary N) is 3. The highest BCUT2D eigenvalue weighted by atomic mass is 35.5. The number of likely N-dealkylation sites (tertiary alicyclic amines) is 1. The third-order valence-corrected chi connectivity index (χ3v) is 10.3. The molecule has 0 saturated carbocycles. The van der Waals surface area contributed by atoms with Crippen molar-refractivity contribution in [2.75, 3.05) is 62.3 Å². The number of sulfonamides is 1. The zero-order chi connectivity index (χ0) is 33.1. The third-order valence-electron chi connectivity index (χ3n) is 8.23. The Morgan fingerprint density at radius 2 is 1.91 bits per heavy atom. The quantitative estimate of drug-likeness (QED) is 0.315. The first-order valence-corrected chi connectivity index (χ1v) is 19.1. The molecule has 2 aromatic rings. The summed E-state index contributed by atoms with van der Waals surface area (Å²) in [6, 6.07) is 7.28. The number of benzene rings is 1. The Hall–Kier alpha value is -2.60. The monoisotopic (exact) mass is 717 g/mol. The fourth-order valence-electron chi connectivity index (χ4n) is 6.02. The Kier molecular flexibility index (Phi) is 11.1. The molecule has 0 bridgehead atoms. The maximum absolute atomic E-state index is 14.3. The molecule has 3 N–H and O–H groups in total. The summed E-state index contributed by atoms with van der Waals surface area (Å²) in [4.78, 5) is 15.8. The van der Waals surface area contributed by atoms with E-state index in [4.69, 9.17) is 23.2 Å². The summed E-state index contributed by atoms with van der Waals surface area (Å²) in [5.41, 5.74) is 1.09. The van der Waals surface area contributed by atoms with Crippen LogP contribution in [0, 0.1) is 5.82 Å². The molecule has 2 fully saturated rings. The van der Waals surface area contributed by atoms with Crippen LogP contribution in [0.5, 0.6) is 0 Å². The van der Waals surface area contributed by atoms with Crippen molar-refractivity contribution in [2.45, 2.75) is 44.8 Å². The van der Waals surface area contributed by atoms with Crippen molar-refractivity contribution in [3.63, 3.8) is 0 Å². The normalized spacial score (nSPS) is 22.2. The van der Waals surface area contributed by atoms with Gasteiger partial charge >= 0.3 is 10.2 Å². The van der Waals surface area contributed by atoms with Gasteiger partial charge in [-0.25, -0.2) is 27.2 Å². The number of halogens is 3. The number of aromatic nitrogens is 1. The van der Waals surface area contributed by atoms with Crippen LogP contribution in [0.2, 0.25) is 10.0 Å². The van der Waals surface area contributed by atoms with Gasteiger partial charge in [-0.1, -0.05) is 36.2 Å². The second kappa shape index (κ2) is 14.7. The van der Waals surface area contributed by atoms with Crippen LogP contribution in [0.1, 0.15) is 31.7 Å². The minimum atomic E-state index is -3.99. The summed E-state index contributed by atoms with van der Waals surface area (Å²) < 4.78 is 69.2. The van der Waals surface area contributed by atoms with Crippen LogP contribution < -0.4 is 19.7 Å². The Bertz CT molecular complexity index is 1700. The van der Waals surface area contributed by atoms with Gasteiger partial charge in [0.1, 0.15) is 11.6 Å². The number of hydrogen-bond donors (Lipinski definition) is 3. The van der Waals surface area contributed by atoms with Crippen LogP contribution in [-0.4, -0.2) is 107 Å². The van der Waals surface area contributed by atoms with E-state index in [1.807, 2.05) is 0 Å². The number of nitrogens with zero attached hydrogens (tertiary/aromatic N) is 6. The smallest absolute Gasteiger partial charge is 0.345 e. The highest BCUT2D eigenvalue weighted by Gasteiger charge is 2.34. The maximum Gasteiger partial charge on any atom is 0.345 e. The Morgan fingerprint density at radius 3 is 2.59 bits per heavy atom. The minimum Gasteiger partial charge on any atom is -0.353 e. The first-order chi connectivity index (χ1) is 21.8. The highest BCUT2D eigenvalue weighted by Crippen LogP contribution is 2.31. The number of rotatable bonds is 10. The van der Waals surface area contributed by atoms with Crippen molar-refractivity contribution in [2.24, 2.45) is 9.39 Å². The molecule has 0 radical (unpaired) electrons. The van der Waals surface area contributed by atoms with Crippen LogP contribution in [0.3, 0.4) is 0 Å². The molecular weight excluding hydrogens is 680 g/mol. The van der Waals surface area contributed by atoms with Gasteiger partial charge in [-0.2, -0.15) is 8.42 Å². The van der Waals surface area contributed by atoms with Gasteiger partial charge in [-0.15, -0.1) is 4.40 Å². The van der Waals surface area contributed by atoms with Crippen LogP contribution in [-0.2, 0) is 26.8 Å². The summed E-state index contributed by atoms with van der Waals surface area (Å²) in [6.07, 6.45) is 5.57. The van der Waals surface area contributed by atoms with Crippen molar-refractivity contribution in [1.82, 2.24) is 24.2 Å². The summed E-state index contributed by atoms with van der Waals surface area (Å²) >= 11 is 12.6. The largest absolute Gasteiger partial charge is 0.353 e. The molecule has 252 valence electrons. The topological polar surface area (TPSA) is 152 Å². The fourth-order valence-corrected chi connectivity index (χ4v) is 7.75. The fraction of sp³-hybridized carbons (Fsp3) is 0.536. The number of piperazine rings is 1. The average molecular weight is 719 g/mol. The lowest BCUT2D eigenvalue weighted by Gasteiger charge is -2.47. The van der Waals surface area contributed by atoms with E-state index in [1.165, 1.54) is 6.07 Å². The lowest BCUT2D eigenvalue weighted by atomic mass is 9.97. The van der Waals surface area contributed by atoms with E-state index < -0.39 is 20.2 Å². The lowest BCUT2D eigenvalue weighted by molar-refractivity contribution is 0.0607. The van der Waals surface area contributed by atoms with E-state index >= 15 is 0 Å². The number of piperidine rings is 1. The molecule has 46 heavy (non-hydrogen) atoms. The average Bonchev–Trinajstić information content (AvgIpc) is 3.29. The standard InChI is InChI=1S/C28H38Cl2FN9O4S2/c1-3-22-18-39(12-13-40(22)23-6-10-38(11-7-23)17-19-4-5-20(29)14-25(19)31)28-24(30)15-21(16-33-28)35-27-26(36-46(43,44)37-27)32-8-9-34-45(2,41)42/h4-5,14-16,22-23,34H,3,6-13,17-18H2,1-2H3,(H,32,36)(H,35,37)/t22-/m0/s1. The first-order valence-electron chi connectivity index (χ1n) is 15.0. The molecule has 0 unspecified atom stereocenters. The molecular formula is C28H38Cl2FN9O4S2. The van der Waals surface area contributed by atoms with Crippen LogP contribution in [0.25, 0.3) is 0 Å². The van der Waals surface area contributed by atoms with Gasteiger partial charge in [-0.3, -0.25) is 14.8 Å². The summed E-state index contributed by atoms with van der Waals surface area (Å²) in [5.74, 6) is 0.292. The number of aliphatic imine (C=N–C) groups is 1. The summed E-state index contributed by atoms with van der Waals surface area (Å²) in [6.45, 7) is 6.93. The van der Waals surface area contributed by atoms with Gasteiger partial charge in [0.2, 0.25) is 10.0 Å². The van der Waals surface area contributed by atoms with E-state index in [9.17, 15) is 21.2 Å². The zero-order valence-electron chi connectivity index (χ0n) is 25.6. The van der Waals surface area contributed by atoms with Gasteiger partial charge in [0.05, 0.1) is 29.7 Å². The van der Waals surface area contributed by atoms with E-state index in [0.717, 1.165) is 58.2 Å². The molecule has 5 rings (SSSR count). The van der Waals surface area contributed by atoms with Gasteiger partial charge in [0.25, 0.3) is 0 Å². The Labute approximate surface area is 279 Å². The lowest BCUT2D eigenvalue weighted by Crippen LogP contribution is -2.58. The zero-order valence-corrected chi connectivity index (χ0v) is 28.7. The Morgan fingerprint density at radius 1 is 1.15 bits per heavy atom. The van der Waals surface area contributed by atoms with Crippen LogP contribution in [0.4, 0.5) is 15.9 Å². The summed E-state index contributed by atoms with van der Waals surface area (Å²) in [5, 5.41) is 3.71. The van der Waals surface area contributed by atoms with Crippen molar-refractivity contribution >= 4 is 66.6 Å². The molecule has 3 aliphatic rings. The van der Waals surface area contributed by atoms with Crippen molar-refractivity contribution in [3.05, 3.63) is 51.9 Å². The molecule has 0 amide bonds.